The average Bonchev–Trinajstić information content (AvgIpc) is 3.01. The van der Waals surface area contributed by atoms with Crippen molar-refractivity contribution in [1.82, 2.24) is 10.3 Å². The van der Waals surface area contributed by atoms with Gasteiger partial charge >= 0.3 is 5.97 Å². The lowest BCUT2D eigenvalue weighted by Crippen LogP contribution is -2.25. The molecule has 1 heterocycles. The van der Waals surface area contributed by atoms with E-state index < -0.39 is 0 Å². The maximum Gasteiger partial charge on any atom is 0.354 e. The number of carbonyl (C=O) groups is 1. The molecular formula is C17H20N2O2. The van der Waals surface area contributed by atoms with Crippen molar-refractivity contribution in [2.24, 2.45) is 0 Å². The van der Waals surface area contributed by atoms with Crippen molar-refractivity contribution >= 4 is 5.97 Å². The lowest BCUT2D eigenvalue weighted by atomic mass is 9.88. The van der Waals surface area contributed by atoms with Crippen molar-refractivity contribution in [3.8, 4) is 0 Å². The first kappa shape index (κ1) is 13.9. The predicted molar refractivity (Wildman–Crippen MR) is 81.1 cm³/mol. The lowest BCUT2D eigenvalue weighted by molar-refractivity contribution is 0.0594. The van der Waals surface area contributed by atoms with E-state index in [-0.39, 0.29) is 5.97 Å². The van der Waals surface area contributed by atoms with Crippen molar-refractivity contribution in [3.05, 3.63) is 58.9 Å². The summed E-state index contributed by atoms with van der Waals surface area (Å²) in [5.41, 5.74) is 4.35. The Hall–Kier alpha value is -2.07. The van der Waals surface area contributed by atoms with Gasteiger partial charge in [-0.25, -0.2) is 4.79 Å². The molecule has 0 radical (unpaired) electrons. The molecule has 1 aliphatic carbocycles. The van der Waals surface area contributed by atoms with Gasteiger partial charge in [-0.2, -0.15) is 0 Å². The molecule has 1 aliphatic rings. The first-order valence-corrected chi connectivity index (χ1v) is 7.35. The van der Waals surface area contributed by atoms with Gasteiger partial charge in [0, 0.05) is 18.3 Å². The molecule has 2 N–H and O–H groups in total. The highest BCUT2D eigenvalue weighted by atomic mass is 16.5. The Bertz CT molecular complexity index is 633. The smallest absolute Gasteiger partial charge is 0.354 e. The quantitative estimate of drug-likeness (QED) is 0.849. The molecule has 0 saturated heterocycles. The highest BCUT2D eigenvalue weighted by Gasteiger charge is 2.19. The van der Waals surface area contributed by atoms with E-state index in [4.69, 9.17) is 4.74 Å². The highest BCUT2D eigenvalue weighted by molar-refractivity contribution is 5.87. The molecule has 0 aliphatic heterocycles. The summed E-state index contributed by atoms with van der Waals surface area (Å²) in [5, 5.41) is 3.58. The Labute approximate surface area is 124 Å². The van der Waals surface area contributed by atoms with Gasteiger partial charge in [0.15, 0.2) is 0 Å². The predicted octanol–water partition coefficient (Wildman–Crippen LogP) is 2.97. The molecule has 110 valence electrons. The number of H-pyrrole nitrogens is 1. The number of aryl methyl sites for hydroxylation is 1. The molecule has 4 heteroatoms. The molecule has 3 rings (SSSR count). The number of methoxy groups -OCH3 is 1. The number of hydrogen-bond donors (Lipinski definition) is 2. The number of aromatic nitrogens is 1. The second-order valence-corrected chi connectivity index (χ2v) is 5.41. The number of carbonyl (C=O) groups excluding carboxylic acids is 1. The number of fused-ring (bicyclic) bond motifs is 1. The minimum absolute atomic E-state index is 0.329. The Kier molecular flexibility index (Phi) is 4.06. The Morgan fingerprint density at radius 2 is 2.19 bits per heavy atom. The number of aromatic amines is 1. The van der Waals surface area contributed by atoms with Crippen LogP contribution >= 0.6 is 0 Å². The number of benzene rings is 1. The zero-order valence-electron chi connectivity index (χ0n) is 12.2. The number of esters is 1. The third-order valence-electron chi connectivity index (χ3n) is 4.06. The molecule has 4 nitrogen and oxygen atoms in total. The van der Waals surface area contributed by atoms with Gasteiger partial charge < -0.3 is 15.0 Å². The topological polar surface area (TPSA) is 54.1 Å². The number of hydrogen-bond acceptors (Lipinski definition) is 3. The summed E-state index contributed by atoms with van der Waals surface area (Å²) >= 11 is 0. The van der Waals surface area contributed by atoms with E-state index in [1.807, 2.05) is 6.07 Å². The molecule has 21 heavy (non-hydrogen) atoms. The molecule has 1 atom stereocenters. The molecule has 0 amide bonds. The standard InChI is InChI=1S/C17H20N2O2/c1-21-17(20)16-10-9-13(19-16)11-18-15-8-4-6-12-5-2-3-7-14(12)15/h2-3,5,7,9-10,15,18-19H,4,6,8,11H2,1H3. The van der Waals surface area contributed by atoms with Crippen LogP contribution in [-0.4, -0.2) is 18.1 Å². The summed E-state index contributed by atoms with van der Waals surface area (Å²) in [6.45, 7) is 0.718. The molecule has 2 aromatic rings. The maximum atomic E-state index is 11.4. The van der Waals surface area contributed by atoms with E-state index >= 15 is 0 Å². The highest BCUT2D eigenvalue weighted by Crippen LogP contribution is 2.29. The number of nitrogens with one attached hydrogen (secondary N) is 2. The van der Waals surface area contributed by atoms with Gasteiger partial charge in [0.05, 0.1) is 7.11 Å². The van der Waals surface area contributed by atoms with Crippen molar-refractivity contribution in [1.29, 1.82) is 0 Å². The molecule has 1 aromatic carbocycles. The van der Waals surface area contributed by atoms with Crippen LogP contribution in [0.25, 0.3) is 0 Å². The average molecular weight is 284 g/mol. The molecular weight excluding hydrogens is 264 g/mol. The Morgan fingerprint density at radius 1 is 1.33 bits per heavy atom. The molecule has 1 aromatic heterocycles. The van der Waals surface area contributed by atoms with Gasteiger partial charge in [-0.05, 0) is 42.5 Å². The third kappa shape index (κ3) is 3.00. The molecule has 0 bridgehead atoms. The summed E-state index contributed by atoms with van der Waals surface area (Å²) in [5.74, 6) is -0.329. The monoisotopic (exact) mass is 284 g/mol. The van der Waals surface area contributed by atoms with Crippen LogP contribution in [0.2, 0.25) is 0 Å². The fourth-order valence-corrected chi connectivity index (χ4v) is 2.97. The lowest BCUT2D eigenvalue weighted by Gasteiger charge is -2.26. The van der Waals surface area contributed by atoms with Crippen molar-refractivity contribution in [3.63, 3.8) is 0 Å². The largest absolute Gasteiger partial charge is 0.464 e. The molecule has 0 saturated carbocycles. The SMILES string of the molecule is COC(=O)c1ccc(CNC2CCCc3ccccc32)[nH]1. The summed E-state index contributed by atoms with van der Waals surface area (Å²) < 4.78 is 4.70. The minimum Gasteiger partial charge on any atom is -0.464 e. The second-order valence-electron chi connectivity index (χ2n) is 5.41. The number of ether oxygens (including phenoxy) is 1. The van der Waals surface area contributed by atoms with Crippen molar-refractivity contribution in [2.45, 2.75) is 31.8 Å². The fourth-order valence-electron chi connectivity index (χ4n) is 2.97. The van der Waals surface area contributed by atoms with Crippen molar-refractivity contribution < 1.29 is 9.53 Å². The van der Waals surface area contributed by atoms with Crippen LogP contribution in [0, 0.1) is 0 Å². The van der Waals surface area contributed by atoms with E-state index in [1.165, 1.54) is 31.1 Å². The van der Waals surface area contributed by atoms with Crippen LogP contribution in [-0.2, 0) is 17.7 Å². The zero-order valence-corrected chi connectivity index (χ0v) is 12.2. The first-order valence-electron chi connectivity index (χ1n) is 7.35. The van der Waals surface area contributed by atoms with E-state index in [0.29, 0.717) is 11.7 Å². The van der Waals surface area contributed by atoms with E-state index in [9.17, 15) is 4.79 Å². The minimum atomic E-state index is -0.329. The fraction of sp³-hybridized carbons (Fsp3) is 0.353. The molecule has 0 spiro atoms. The van der Waals surface area contributed by atoms with Crippen LogP contribution in [0.15, 0.2) is 36.4 Å². The van der Waals surface area contributed by atoms with Crippen molar-refractivity contribution in [2.75, 3.05) is 7.11 Å². The molecule has 1 unspecified atom stereocenters. The normalized spacial score (nSPS) is 17.3. The summed E-state index contributed by atoms with van der Waals surface area (Å²) in [6, 6.07) is 12.7. The zero-order chi connectivity index (χ0) is 14.7. The van der Waals surface area contributed by atoms with Crippen LogP contribution < -0.4 is 5.32 Å². The second kappa shape index (κ2) is 6.14. The summed E-state index contributed by atoms with van der Waals surface area (Å²) in [4.78, 5) is 14.5. The Morgan fingerprint density at radius 3 is 3.05 bits per heavy atom. The maximum absolute atomic E-state index is 11.4. The van der Waals surface area contributed by atoms with E-state index in [2.05, 4.69) is 34.6 Å². The number of rotatable bonds is 4. The van der Waals surface area contributed by atoms with Gasteiger partial charge in [0.1, 0.15) is 5.69 Å². The first-order chi connectivity index (χ1) is 10.3. The Balaban J connectivity index is 1.66. The van der Waals surface area contributed by atoms with Crippen LogP contribution in [0.1, 0.15) is 46.2 Å². The molecule has 0 fully saturated rings. The van der Waals surface area contributed by atoms with Crippen LogP contribution in [0.4, 0.5) is 0 Å². The van der Waals surface area contributed by atoms with Gasteiger partial charge in [0.2, 0.25) is 0 Å². The van der Waals surface area contributed by atoms with E-state index in [1.54, 1.807) is 6.07 Å². The third-order valence-corrected chi connectivity index (χ3v) is 4.06. The van der Waals surface area contributed by atoms with Crippen LogP contribution in [0.3, 0.4) is 0 Å². The van der Waals surface area contributed by atoms with Gasteiger partial charge in [-0.1, -0.05) is 24.3 Å². The summed E-state index contributed by atoms with van der Waals surface area (Å²) in [6.07, 6.45) is 3.54. The van der Waals surface area contributed by atoms with Gasteiger partial charge in [-0.15, -0.1) is 0 Å². The van der Waals surface area contributed by atoms with E-state index in [0.717, 1.165) is 18.7 Å². The van der Waals surface area contributed by atoms with Crippen LogP contribution in [0.5, 0.6) is 0 Å². The van der Waals surface area contributed by atoms with Gasteiger partial charge in [-0.3, -0.25) is 0 Å². The summed E-state index contributed by atoms with van der Waals surface area (Å²) in [7, 11) is 1.39. The van der Waals surface area contributed by atoms with Gasteiger partial charge in [0.25, 0.3) is 0 Å².